The van der Waals surface area contributed by atoms with Crippen molar-refractivity contribution in [2.75, 3.05) is 25.0 Å². The van der Waals surface area contributed by atoms with Crippen LogP contribution < -0.4 is 10.6 Å². The molecule has 0 aromatic heterocycles. The molecular formula is C30H33ClN4O5. The number of carbonyl (C=O) groups is 5. The van der Waals surface area contributed by atoms with Crippen molar-refractivity contribution in [1.82, 2.24) is 15.1 Å². The molecule has 2 aromatic rings. The van der Waals surface area contributed by atoms with Crippen molar-refractivity contribution in [3.63, 3.8) is 0 Å². The van der Waals surface area contributed by atoms with Crippen LogP contribution in [0.15, 0.2) is 42.5 Å². The maximum atomic E-state index is 13.0. The van der Waals surface area contributed by atoms with Gasteiger partial charge in [-0.25, -0.2) is 0 Å². The van der Waals surface area contributed by atoms with Crippen LogP contribution in [0.3, 0.4) is 0 Å². The molecule has 2 N–H and O–H groups in total. The van der Waals surface area contributed by atoms with E-state index in [2.05, 4.69) is 16.7 Å². The van der Waals surface area contributed by atoms with Crippen LogP contribution in [0.2, 0.25) is 5.02 Å². The number of carbonyl (C=O) groups excluding carboxylic acids is 5. The van der Waals surface area contributed by atoms with E-state index in [1.165, 1.54) is 5.56 Å². The Morgan fingerprint density at radius 2 is 1.70 bits per heavy atom. The minimum Gasteiger partial charge on any atom is -0.385 e. The van der Waals surface area contributed by atoms with Crippen molar-refractivity contribution < 1.29 is 24.0 Å². The first kappa shape index (κ1) is 27.8. The second-order valence-electron chi connectivity index (χ2n) is 10.7. The fraction of sp³-hybridized carbons (Fsp3) is 0.433. The first-order chi connectivity index (χ1) is 19.3. The number of fused-ring (bicyclic) bond motifs is 1. The number of nitrogens with zero attached hydrogens (tertiary/aromatic N) is 2. The monoisotopic (exact) mass is 564 g/mol. The molecule has 5 rings (SSSR count). The third-order valence-corrected chi connectivity index (χ3v) is 8.24. The van der Waals surface area contributed by atoms with E-state index in [1.807, 2.05) is 23.1 Å². The zero-order valence-electron chi connectivity index (χ0n) is 22.3. The molecule has 0 bridgehead atoms. The van der Waals surface area contributed by atoms with E-state index in [0.717, 1.165) is 55.1 Å². The smallest absolute Gasteiger partial charge is 0.262 e. The molecule has 3 heterocycles. The molecule has 0 aliphatic carbocycles. The highest BCUT2D eigenvalue weighted by Gasteiger charge is 2.44. The van der Waals surface area contributed by atoms with Gasteiger partial charge in [-0.1, -0.05) is 30.2 Å². The van der Waals surface area contributed by atoms with E-state index in [-0.39, 0.29) is 29.9 Å². The van der Waals surface area contributed by atoms with Gasteiger partial charge in [-0.15, -0.1) is 0 Å². The summed E-state index contributed by atoms with van der Waals surface area (Å²) in [4.78, 5) is 65.1. The molecule has 2 aromatic carbocycles. The van der Waals surface area contributed by atoms with E-state index < -0.39 is 29.7 Å². The molecule has 2 fully saturated rings. The van der Waals surface area contributed by atoms with Crippen molar-refractivity contribution in [2.45, 2.75) is 63.3 Å². The van der Waals surface area contributed by atoms with Crippen LogP contribution in [-0.4, -0.2) is 65.0 Å². The second kappa shape index (κ2) is 12.2. The van der Waals surface area contributed by atoms with Crippen LogP contribution in [0, 0.1) is 0 Å². The number of amides is 5. The number of imide groups is 2. The van der Waals surface area contributed by atoms with Crippen molar-refractivity contribution in [3.8, 4) is 0 Å². The predicted molar refractivity (Wildman–Crippen MR) is 150 cm³/mol. The van der Waals surface area contributed by atoms with Crippen LogP contribution >= 0.6 is 11.6 Å². The fourth-order valence-electron chi connectivity index (χ4n) is 5.77. The van der Waals surface area contributed by atoms with Crippen molar-refractivity contribution >= 4 is 46.8 Å². The van der Waals surface area contributed by atoms with Gasteiger partial charge in [-0.3, -0.25) is 34.2 Å². The van der Waals surface area contributed by atoms with E-state index in [9.17, 15) is 24.0 Å². The Morgan fingerprint density at radius 3 is 2.45 bits per heavy atom. The highest BCUT2D eigenvalue weighted by Crippen LogP contribution is 2.31. The van der Waals surface area contributed by atoms with Gasteiger partial charge in [0.05, 0.1) is 11.1 Å². The number of hydrogen-bond acceptors (Lipinski definition) is 6. The average molecular weight is 565 g/mol. The third-order valence-electron chi connectivity index (χ3n) is 8.00. The van der Waals surface area contributed by atoms with E-state index in [4.69, 9.17) is 11.6 Å². The van der Waals surface area contributed by atoms with Crippen LogP contribution in [0.5, 0.6) is 0 Å². The molecule has 3 aliphatic heterocycles. The summed E-state index contributed by atoms with van der Waals surface area (Å²) in [5, 5.41) is 6.24. The predicted octanol–water partition coefficient (Wildman–Crippen LogP) is 4.12. The highest BCUT2D eigenvalue weighted by molar-refractivity contribution is 6.30. The summed E-state index contributed by atoms with van der Waals surface area (Å²) in [5.74, 6) is -1.40. The van der Waals surface area contributed by atoms with E-state index in [0.29, 0.717) is 24.6 Å². The fourth-order valence-corrected chi connectivity index (χ4v) is 5.97. The van der Waals surface area contributed by atoms with Gasteiger partial charge < -0.3 is 10.2 Å². The number of benzene rings is 2. The van der Waals surface area contributed by atoms with Gasteiger partial charge in [0.15, 0.2) is 0 Å². The Hall–Kier alpha value is -3.72. The number of halogens is 1. The minimum atomic E-state index is -0.974. The number of piperidine rings is 2. The highest BCUT2D eigenvalue weighted by atomic mass is 35.5. The Balaban J connectivity index is 1.02. The molecule has 210 valence electrons. The van der Waals surface area contributed by atoms with Gasteiger partial charge in [0.1, 0.15) is 6.04 Å². The van der Waals surface area contributed by atoms with Gasteiger partial charge in [0, 0.05) is 43.2 Å². The van der Waals surface area contributed by atoms with Crippen LogP contribution in [0.1, 0.15) is 83.6 Å². The van der Waals surface area contributed by atoms with Gasteiger partial charge in [-0.05, 0) is 73.9 Å². The number of nitrogens with one attached hydrogen (secondary N) is 2. The lowest BCUT2D eigenvalue weighted by Gasteiger charge is -2.32. The Kier molecular flexibility index (Phi) is 8.49. The van der Waals surface area contributed by atoms with E-state index >= 15 is 0 Å². The number of rotatable bonds is 9. The minimum absolute atomic E-state index is 0.0880. The molecule has 1 atom stereocenters. The summed E-state index contributed by atoms with van der Waals surface area (Å²) in [5.41, 5.74) is 2.47. The first-order valence-corrected chi connectivity index (χ1v) is 14.3. The summed E-state index contributed by atoms with van der Waals surface area (Å²) in [6.45, 7) is 2.22. The molecule has 3 aliphatic rings. The molecule has 2 saturated heterocycles. The molecule has 9 nitrogen and oxygen atoms in total. The molecule has 40 heavy (non-hydrogen) atoms. The summed E-state index contributed by atoms with van der Waals surface area (Å²) >= 11 is 6.13. The van der Waals surface area contributed by atoms with Gasteiger partial charge >= 0.3 is 0 Å². The van der Waals surface area contributed by atoms with E-state index in [1.54, 1.807) is 18.2 Å². The maximum Gasteiger partial charge on any atom is 0.262 e. The molecule has 0 radical (unpaired) electrons. The quantitative estimate of drug-likeness (QED) is 0.350. The van der Waals surface area contributed by atoms with Crippen LogP contribution in [-0.2, 0) is 14.4 Å². The summed E-state index contributed by atoms with van der Waals surface area (Å²) < 4.78 is 0. The molecule has 0 spiro atoms. The summed E-state index contributed by atoms with van der Waals surface area (Å²) in [7, 11) is 0. The second-order valence-corrected chi connectivity index (χ2v) is 11.1. The number of anilines is 1. The Labute approximate surface area is 238 Å². The Morgan fingerprint density at radius 1 is 0.925 bits per heavy atom. The van der Waals surface area contributed by atoms with Crippen LogP contribution in [0.25, 0.3) is 0 Å². The number of likely N-dealkylation sites (tertiary alicyclic amines) is 1. The average Bonchev–Trinajstić information content (AvgIpc) is 3.19. The zero-order valence-corrected chi connectivity index (χ0v) is 23.0. The lowest BCUT2D eigenvalue weighted by atomic mass is 9.89. The lowest BCUT2D eigenvalue weighted by Crippen LogP contribution is -2.54. The van der Waals surface area contributed by atoms with Crippen LogP contribution in [0.4, 0.5) is 5.69 Å². The topological polar surface area (TPSA) is 116 Å². The number of unbranched alkanes of at least 4 members (excludes halogenated alkanes) is 2. The third kappa shape index (κ3) is 6.04. The van der Waals surface area contributed by atoms with Gasteiger partial charge in [-0.2, -0.15) is 0 Å². The molecule has 0 saturated carbocycles. The van der Waals surface area contributed by atoms with Crippen molar-refractivity contribution in [2.24, 2.45) is 0 Å². The van der Waals surface area contributed by atoms with Gasteiger partial charge in [0.2, 0.25) is 17.7 Å². The van der Waals surface area contributed by atoms with Gasteiger partial charge in [0.25, 0.3) is 11.8 Å². The molecule has 10 heteroatoms. The standard InChI is InChI=1S/C30H33ClN4O5/c31-21-6-4-5-20(17-21)19-12-15-34(16-13-19)27(37)7-2-1-3-14-32-22-8-9-23-24(18-22)30(40)35(29(23)39)25-10-11-26(36)33-28(25)38/h4-6,8-9,17-19,25,32H,1-3,7,10-16H2,(H,33,36,38). The first-order valence-electron chi connectivity index (χ1n) is 13.9. The zero-order chi connectivity index (χ0) is 28.2. The maximum absolute atomic E-state index is 13.0. The SMILES string of the molecule is O=C1CCC(N2C(=O)c3ccc(NCCCCCC(=O)N4CCC(c5cccc(Cl)c5)CC4)cc3C2=O)C(=O)N1. The Bertz CT molecular complexity index is 1340. The normalized spacial score (nSPS) is 19.6. The molecule has 5 amide bonds. The number of hydrogen-bond donors (Lipinski definition) is 2. The lowest BCUT2D eigenvalue weighted by molar-refractivity contribution is -0.136. The van der Waals surface area contributed by atoms with Crippen molar-refractivity contribution in [1.29, 1.82) is 0 Å². The summed E-state index contributed by atoms with van der Waals surface area (Å²) in [6, 6.07) is 12.0. The molecule has 1 unspecified atom stereocenters. The largest absolute Gasteiger partial charge is 0.385 e. The van der Waals surface area contributed by atoms with Crippen molar-refractivity contribution in [3.05, 3.63) is 64.2 Å². The summed E-state index contributed by atoms with van der Waals surface area (Å²) in [6.07, 6.45) is 5.22. The molecular weight excluding hydrogens is 532 g/mol.